The van der Waals surface area contributed by atoms with Crippen LogP contribution in [0.25, 0.3) is 27.3 Å². The van der Waals surface area contributed by atoms with Crippen molar-refractivity contribution in [3.05, 3.63) is 63.6 Å². The molecule has 2 aromatic carbocycles. The third-order valence-corrected chi connectivity index (χ3v) is 5.63. The number of thiazole rings is 1. The Morgan fingerprint density at radius 1 is 1.00 bits per heavy atom. The lowest BCUT2D eigenvalue weighted by Crippen LogP contribution is -2.01. The maximum absolute atomic E-state index is 6.36. The summed E-state index contributed by atoms with van der Waals surface area (Å²) in [7, 11) is 0. The molecule has 0 saturated carbocycles. The molecular formula is C19H12Cl2N6S. The van der Waals surface area contributed by atoms with E-state index in [1.54, 1.807) is 16.6 Å². The van der Waals surface area contributed by atoms with Crippen LogP contribution in [0.4, 0.5) is 11.8 Å². The summed E-state index contributed by atoms with van der Waals surface area (Å²) in [6.45, 7) is 1.90. The molecule has 0 unspecified atom stereocenters. The molecule has 1 N–H and O–H groups in total. The Bertz CT molecular complexity index is 1340. The summed E-state index contributed by atoms with van der Waals surface area (Å²) in [6.07, 6.45) is 0. The number of hydrogen-bond acceptors (Lipinski definition) is 6. The zero-order chi connectivity index (χ0) is 19.3. The van der Waals surface area contributed by atoms with E-state index in [4.69, 9.17) is 23.2 Å². The van der Waals surface area contributed by atoms with Crippen molar-refractivity contribution in [2.75, 3.05) is 5.32 Å². The zero-order valence-electron chi connectivity index (χ0n) is 14.5. The molecule has 9 heteroatoms. The highest BCUT2D eigenvalue weighted by molar-refractivity contribution is 7.15. The van der Waals surface area contributed by atoms with E-state index in [1.807, 2.05) is 42.6 Å². The van der Waals surface area contributed by atoms with Crippen LogP contribution in [-0.2, 0) is 0 Å². The minimum absolute atomic E-state index is 0.450. The van der Waals surface area contributed by atoms with Crippen LogP contribution in [0.5, 0.6) is 0 Å². The second-order valence-corrected chi connectivity index (χ2v) is 7.83. The minimum Gasteiger partial charge on any atom is -0.306 e. The Hall–Kier alpha value is -2.74. The summed E-state index contributed by atoms with van der Waals surface area (Å²) in [5.74, 6) is 1.08. The highest BCUT2D eigenvalue weighted by Crippen LogP contribution is 2.33. The number of para-hydroxylation sites is 2. The smallest absolute Gasteiger partial charge is 0.249 e. The fourth-order valence-electron chi connectivity index (χ4n) is 2.93. The summed E-state index contributed by atoms with van der Waals surface area (Å²) in [5, 5.41) is 10.9. The molecule has 0 amide bonds. The normalized spacial score (nSPS) is 11.4. The summed E-state index contributed by atoms with van der Waals surface area (Å²) >= 11 is 13.8. The van der Waals surface area contributed by atoms with Crippen LogP contribution in [-0.4, -0.2) is 24.6 Å². The number of nitrogens with zero attached hydrogens (tertiary/aromatic N) is 5. The van der Waals surface area contributed by atoms with Crippen molar-refractivity contribution in [1.82, 2.24) is 24.6 Å². The lowest BCUT2D eigenvalue weighted by atomic mass is 10.2. The second kappa shape index (κ2) is 6.70. The molecule has 0 atom stereocenters. The predicted molar refractivity (Wildman–Crippen MR) is 114 cm³/mol. The Kier molecular flexibility index (Phi) is 4.16. The van der Waals surface area contributed by atoms with E-state index in [0.29, 0.717) is 21.8 Å². The quantitative estimate of drug-likeness (QED) is 0.397. The van der Waals surface area contributed by atoms with Crippen molar-refractivity contribution in [2.45, 2.75) is 6.92 Å². The Morgan fingerprint density at radius 2 is 1.79 bits per heavy atom. The molecule has 0 bridgehead atoms. The van der Waals surface area contributed by atoms with Gasteiger partial charge >= 0.3 is 0 Å². The van der Waals surface area contributed by atoms with E-state index >= 15 is 0 Å². The van der Waals surface area contributed by atoms with Gasteiger partial charge in [-0.05, 0) is 37.3 Å². The number of halogens is 2. The van der Waals surface area contributed by atoms with E-state index in [0.717, 1.165) is 32.9 Å². The maximum Gasteiger partial charge on any atom is 0.249 e. The molecule has 0 aliphatic carbocycles. The molecule has 0 spiro atoms. The maximum atomic E-state index is 6.36. The van der Waals surface area contributed by atoms with Crippen LogP contribution in [0, 0.1) is 6.92 Å². The zero-order valence-corrected chi connectivity index (χ0v) is 16.8. The van der Waals surface area contributed by atoms with Gasteiger partial charge in [-0.25, -0.2) is 14.5 Å². The predicted octanol–water partition coefficient (Wildman–Crippen LogP) is 5.76. The van der Waals surface area contributed by atoms with Crippen molar-refractivity contribution in [2.24, 2.45) is 0 Å². The molecule has 138 valence electrons. The van der Waals surface area contributed by atoms with Gasteiger partial charge in [0.1, 0.15) is 0 Å². The molecule has 6 nitrogen and oxygen atoms in total. The van der Waals surface area contributed by atoms with Gasteiger partial charge in [-0.1, -0.05) is 35.3 Å². The van der Waals surface area contributed by atoms with E-state index in [9.17, 15) is 0 Å². The third kappa shape index (κ3) is 2.97. The molecule has 0 aliphatic heterocycles. The van der Waals surface area contributed by atoms with Crippen molar-refractivity contribution < 1.29 is 0 Å². The van der Waals surface area contributed by atoms with Gasteiger partial charge in [0, 0.05) is 16.0 Å². The topological polar surface area (TPSA) is 68.0 Å². The lowest BCUT2D eigenvalue weighted by Gasteiger charge is -2.06. The van der Waals surface area contributed by atoms with E-state index < -0.39 is 0 Å². The van der Waals surface area contributed by atoms with Crippen molar-refractivity contribution in [3.63, 3.8) is 0 Å². The molecule has 0 saturated heterocycles. The molecular weight excluding hydrogens is 415 g/mol. The first-order valence-electron chi connectivity index (χ1n) is 8.38. The first-order valence-corrected chi connectivity index (χ1v) is 10.0. The number of benzene rings is 2. The standard InChI is InChI=1S/C19H12Cl2N6S/c1-10-17(23-15-5-3-2-4-14(15)22-10)24-18-25-19-27(26-18)16(9-28-19)12-7-6-11(20)8-13(12)21/h2-9H,1H3,(H,23,24,26). The highest BCUT2D eigenvalue weighted by atomic mass is 35.5. The number of rotatable bonds is 3. The van der Waals surface area contributed by atoms with E-state index in [1.165, 1.54) is 11.3 Å². The monoisotopic (exact) mass is 426 g/mol. The average molecular weight is 427 g/mol. The van der Waals surface area contributed by atoms with Crippen LogP contribution in [0.15, 0.2) is 47.8 Å². The molecule has 0 aliphatic rings. The van der Waals surface area contributed by atoms with Gasteiger partial charge in [-0.2, -0.15) is 4.98 Å². The molecule has 28 heavy (non-hydrogen) atoms. The molecule has 0 radical (unpaired) electrons. The first kappa shape index (κ1) is 17.4. The fourth-order valence-corrected chi connectivity index (χ4v) is 4.26. The Balaban J connectivity index is 1.55. The van der Waals surface area contributed by atoms with Crippen LogP contribution in [0.3, 0.4) is 0 Å². The molecule has 5 aromatic rings. The van der Waals surface area contributed by atoms with Crippen LogP contribution in [0.2, 0.25) is 10.0 Å². The van der Waals surface area contributed by atoms with Gasteiger partial charge < -0.3 is 5.32 Å². The van der Waals surface area contributed by atoms with Gasteiger partial charge in [0.25, 0.3) is 0 Å². The van der Waals surface area contributed by atoms with Crippen molar-refractivity contribution >= 4 is 62.3 Å². The SMILES string of the molecule is Cc1nc2ccccc2nc1Nc1nc2scc(-c3ccc(Cl)cc3Cl)n2n1. The summed E-state index contributed by atoms with van der Waals surface area (Å²) in [6, 6.07) is 13.1. The van der Waals surface area contributed by atoms with Gasteiger partial charge in [0.05, 0.1) is 27.4 Å². The Morgan fingerprint density at radius 3 is 2.57 bits per heavy atom. The Labute approximate surface area is 173 Å². The highest BCUT2D eigenvalue weighted by Gasteiger charge is 2.15. The number of anilines is 2. The number of aryl methyl sites for hydroxylation is 1. The van der Waals surface area contributed by atoms with Crippen LogP contribution in [0.1, 0.15) is 5.69 Å². The number of fused-ring (bicyclic) bond motifs is 2. The minimum atomic E-state index is 0.450. The number of hydrogen-bond donors (Lipinski definition) is 1. The lowest BCUT2D eigenvalue weighted by molar-refractivity contribution is 0.986. The molecule has 0 fully saturated rings. The van der Waals surface area contributed by atoms with Crippen molar-refractivity contribution in [1.29, 1.82) is 0 Å². The molecule has 3 aromatic heterocycles. The largest absolute Gasteiger partial charge is 0.306 e. The van der Waals surface area contributed by atoms with E-state index in [2.05, 4.69) is 25.4 Å². The summed E-state index contributed by atoms with van der Waals surface area (Å²) in [4.78, 5) is 14.5. The fraction of sp³-hybridized carbons (Fsp3) is 0.0526. The van der Waals surface area contributed by atoms with Crippen molar-refractivity contribution in [3.8, 4) is 11.3 Å². The first-order chi connectivity index (χ1) is 13.6. The third-order valence-electron chi connectivity index (χ3n) is 4.26. The van der Waals surface area contributed by atoms with Crippen LogP contribution < -0.4 is 5.32 Å². The summed E-state index contributed by atoms with van der Waals surface area (Å²) < 4.78 is 1.76. The molecule has 5 rings (SSSR count). The van der Waals surface area contributed by atoms with Gasteiger partial charge in [-0.15, -0.1) is 16.4 Å². The van der Waals surface area contributed by atoms with E-state index in [-0.39, 0.29) is 0 Å². The molecule has 3 heterocycles. The second-order valence-electron chi connectivity index (χ2n) is 6.15. The van der Waals surface area contributed by atoms with Gasteiger partial charge in [0.15, 0.2) is 5.82 Å². The summed E-state index contributed by atoms with van der Waals surface area (Å²) in [5.41, 5.74) is 4.13. The number of nitrogens with one attached hydrogen (secondary N) is 1. The van der Waals surface area contributed by atoms with Gasteiger partial charge in [0.2, 0.25) is 10.9 Å². The van der Waals surface area contributed by atoms with Crippen LogP contribution >= 0.6 is 34.5 Å². The average Bonchev–Trinajstić information content (AvgIpc) is 3.23. The van der Waals surface area contributed by atoms with Gasteiger partial charge in [-0.3, -0.25) is 0 Å². The number of aromatic nitrogens is 5.